The maximum absolute atomic E-state index is 12.5. The number of rotatable bonds is 7. The Morgan fingerprint density at radius 3 is 2.65 bits per heavy atom. The molecule has 0 aliphatic carbocycles. The summed E-state index contributed by atoms with van der Waals surface area (Å²) in [6, 6.07) is 16.1. The Morgan fingerprint density at radius 1 is 1.06 bits per heavy atom. The standard InChI is InChI=1S/C25H24N6OS2/c1-4-17-10-6-8-12-20(17)31(16(3)32)25-26-18(15-34-25)14-33-24-27-23-22(28-29-24)19-11-7-9-13-21(19)30(23)5-2/h6-13,15H,4-5,14H2,1-3H3. The number of carbonyl (C=O) groups excluding carboxylic acids is 1. The quantitative estimate of drug-likeness (QED) is 0.262. The van der Waals surface area contributed by atoms with Crippen molar-refractivity contribution >= 4 is 61.9 Å². The predicted octanol–water partition coefficient (Wildman–Crippen LogP) is 6.00. The lowest BCUT2D eigenvalue weighted by Crippen LogP contribution is -2.23. The van der Waals surface area contributed by atoms with Crippen molar-refractivity contribution in [1.29, 1.82) is 0 Å². The van der Waals surface area contributed by atoms with Gasteiger partial charge in [-0.25, -0.2) is 9.97 Å². The van der Waals surface area contributed by atoms with Crippen LogP contribution < -0.4 is 4.90 Å². The summed E-state index contributed by atoms with van der Waals surface area (Å²) in [5, 5.41) is 13.2. The number of nitrogens with zero attached hydrogens (tertiary/aromatic N) is 6. The molecule has 0 saturated carbocycles. The van der Waals surface area contributed by atoms with E-state index >= 15 is 0 Å². The summed E-state index contributed by atoms with van der Waals surface area (Å²) in [6.07, 6.45) is 0.843. The van der Waals surface area contributed by atoms with Gasteiger partial charge in [0.1, 0.15) is 5.52 Å². The summed E-state index contributed by atoms with van der Waals surface area (Å²) in [5.41, 5.74) is 5.66. The number of hydrogen-bond donors (Lipinski definition) is 0. The zero-order valence-corrected chi connectivity index (χ0v) is 20.9. The van der Waals surface area contributed by atoms with E-state index in [-0.39, 0.29) is 5.91 Å². The van der Waals surface area contributed by atoms with Crippen molar-refractivity contribution < 1.29 is 4.79 Å². The lowest BCUT2D eigenvalue weighted by molar-refractivity contribution is -0.115. The van der Waals surface area contributed by atoms with Gasteiger partial charge in [0.05, 0.1) is 16.9 Å². The largest absolute Gasteiger partial charge is 0.324 e. The molecule has 2 aromatic carbocycles. The second-order valence-electron chi connectivity index (χ2n) is 7.77. The molecule has 0 bridgehead atoms. The molecule has 5 rings (SSSR count). The van der Waals surface area contributed by atoms with Gasteiger partial charge in [-0.3, -0.25) is 9.69 Å². The number of hydrogen-bond acceptors (Lipinski definition) is 7. The first-order chi connectivity index (χ1) is 16.6. The number of thiazole rings is 1. The van der Waals surface area contributed by atoms with Gasteiger partial charge in [-0.15, -0.1) is 21.5 Å². The van der Waals surface area contributed by atoms with Crippen molar-refractivity contribution in [3.05, 3.63) is 65.2 Å². The number of aryl methyl sites for hydroxylation is 2. The molecular weight excluding hydrogens is 464 g/mol. The second-order valence-corrected chi connectivity index (χ2v) is 9.55. The molecule has 7 nitrogen and oxygen atoms in total. The summed E-state index contributed by atoms with van der Waals surface area (Å²) in [4.78, 5) is 23.8. The minimum atomic E-state index is -0.0557. The van der Waals surface area contributed by atoms with E-state index in [1.54, 1.807) is 11.8 Å². The molecule has 9 heteroatoms. The Kier molecular flexibility index (Phi) is 6.30. The number of para-hydroxylation sites is 2. The van der Waals surface area contributed by atoms with E-state index in [9.17, 15) is 4.79 Å². The van der Waals surface area contributed by atoms with Crippen molar-refractivity contribution in [2.45, 2.75) is 44.6 Å². The van der Waals surface area contributed by atoms with Gasteiger partial charge in [-0.05, 0) is 31.0 Å². The number of carbonyl (C=O) groups is 1. The number of fused-ring (bicyclic) bond motifs is 3. The zero-order chi connectivity index (χ0) is 23.7. The van der Waals surface area contributed by atoms with Crippen LogP contribution >= 0.6 is 23.1 Å². The van der Waals surface area contributed by atoms with E-state index in [1.165, 1.54) is 23.1 Å². The van der Waals surface area contributed by atoms with Crippen LogP contribution in [0.5, 0.6) is 0 Å². The van der Waals surface area contributed by atoms with Crippen LogP contribution in [-0.4, -0.2) is 30.6 Å². The average Bonchev–Trinajstić information content (AvgIpc) is 3.45. The van der Waals surface area contributed by atoms with Gasteiger partial charge in [0.15, 0.2) is 10.8 Å². The molecule has 34 heavy (non-hydrogen) atoms. The summed E-state index contributed by atoms with van der Waals surface area (Å²) < 4.78 is 2.17. The van der Waals surface area contributed by atoms with E-state index in [4.69, 9.17) is 9.97 Å². The number of benzene rings is 2. The minimum Gasteiger partial charge on any atom is -0.324 e. The highest BCUT2D eigenvalue weighted by molar-refractivity contribution is 7.98. The van der Waals surface area contributed by atoms with Gasteiger partial charge in [-0.2, -0.15) is 0 Å². The van der Waals surface area contributed by atoms with Crippen molar-refractivity contribution in [1.82, 2.24) is 24.7 Å². The maximum atomic E-state index is 12.5. The SMILES string of the molecule is CCc1ccccc1N(C(C)=O)c1nc(CSc2nnc3c4ccccc4n(CC)c3n2)cs1. The first-order valence-corrected chi connectivity index (χ1v) is 13.0. The lowest BCUT2D eigenvalue weighted by Gasteiger charge is -2.20. The molecule has 0 unspecified atom stereocenters. The fraction of sp³-hybridized carbons (Fsp3) is 0.240. The van der Waals surface area contributed by atoms with Gasteiger partial charge < -0.3 is 4.57 Å². The van der Waals surface area contributed by atoms with Crippen molar-refractivity contribution in [3.63, 3.8) is 0 Å². The molecule has 0 aliphatic rings. The fourth-order valence-electron chi connectivity index (χ4n) is 4.11. The third kappa shape index (κ3) is 4.05. The molecule has 3 heterocycles. The highest BCUT2D eigenvalue weighted by Gasteiger charge is 2.20. The number of anilines is 2. The van der Waals surface area contributed by atoms with Crippen molar-refractivity contribution in [2.24, 2.45) is 0 Å². The Labute approximate surface area is 205 Å². The van der Waals surface area contributed by atoms with Crippen molar-refractivity contribution in [2.75, 3.05) is 4.90 Å². The van der Waals surface area contributed by atoms with Gasteiger partial charge in [0.25, 0.3) is 0 Å². The molecule has 0 aliphatic heterocycles. The molecule has 172 valence electrons. The Balaban J connectivity index is 1.40. The molecular formula is C25H24N6OS2. The summed E-state index contributed by atoms with van der Waals surface area (Å²) in [6.45, 7) is 6.57. The molecule has 0 saturated heterocycles. The topological polar surface area (TPSA) is 76.8 Å². The molecule has 0 atom stereocenters. The van der Waals surface area contributed by atoms with Crippen LogP contribution in [0.25, 0.3) is 22.1 Å². The number of thioether (sulfide) groups is 1. The molecule has 0 radical (unpaired) electrons. The molecule has 0 N–H and O–H groups in total. The summed E-state index contributed by atoms with van der Waals surface area (Å²) >= 11 is 2.96. The third-order valence-electron chi connectivity index (χ3n) is 5.68. The molecule has 3 aromatic heterocycles. The Morgan fingerprint density at radius 2 is 1.85 bits per heavy atom. The van der Waals surface area contributed by atoms with Gasteiger partial charge in [0.2, 0.25) is 11.1 Å². The lowest BCUT2D eigenvalue weighted by atomic mass is 10.1. The molecule has 0 fully saturated rings. The van der Waals surface area contributed by atoms with Crippen molar-refractivity contribution in [3.8, 4) is 0 Å². The number of amides is 1. The Bertz CT molecular complexity index is 1490. The van der Waals surface area contributed by atoms with Gasteiger partial charge in [0, 0.05) is 30.0 Å². The summed E-state index contributed by atoms with van der Waals surface area (Å²) in [5.74, 6) is 0.539. The predicted molar refractivity (Wildman–Crippen MR) is 139 cm³/mol. The minimum absolute atomic E-state index is 0.0557. The number of aromatic nitrogens is 5. The third-order valence-corrected chi connectivity index (χ3v) is 7.42. The highest BCUT2D eigenvalue weighted by Crippen LogP contribution is 2.33. The van der Waals surface area contributed by atoms with E-state index < -0.39 is 0 Å². The van der Waals surface area contributed by atoms with E-state index in [0.29, 0.717) is 16.0 Å². The van der Waals surface area contributed by atoms with Crippen LogP contribution in [0.3, 0.4) is 0 Å². The van der Waals surface area contributed by atoms with Crippen LogP contribution in [0.15, 0.2) is 59.1 Å². The van der Waals surface area contributed by atoms with Gasteiger partial charge in [-0.1, -0.05) is 55.1 Å². The molecule has 0 spiro atoms. The van der Waals surface area contributed by atoms with Crippen LogP contribution in [0, 0.1) is 0 Å². The van der Waals surface area contributed by atoms with Crippen LogP contribution in [0.1, 0.15) is 32.0 Å². The normalized spacial score (nSPS) is 11.4. The molecule has 1 amide bonds. The van der Waals surface area contributed by atoms with E-state index in [0.717, 1.165) is 52.0 Å². The average molecular weight is 489 g/mol. The van der Waals surface area contributed by atoms with Gasteiger partial charge >= 0.3 is 0 Å². The Hall–Kier alpha value is -3.30. The zero-order valence-electron chi connectivity index (χ0n) is 19.2. The van der Waals surface area contributed by atoms with E-state index in [1.807, 2.05) is 41.8 Å². The smallest absolute Gasteiger partial charge is 0.230 e. The second kappa shape index (κ2) is 9.52. The monoisotopic (exact) mass is 488 g/mol. The highest BCUT2D eigenvalue weighted by atomic mass is 32.2. The molecule has 5 aromatic rings. The first kappa shape index (κ1) is 22.5. The van der Waals surface area contributed by atoms with Crippen LogP contribution in [0.4, 0.5) is 10.8 Å². The first-order valence-electron chi connectivity index (χ1n) is 11.2. The van der Waals surface area contributed by atoms with Crippen LogP contribution in [0.2, 0.25) is 0 Å². The summed E-state index contributed by atoms with van der Waals surface area (Å²) in [7, 11) is 0. The fourth-order valence-corrected chi connectivity index (χ4v) is 5.77. The van der Waals surface area contributed by atoms with E-state index in [2.05, 4.69) is 40.7 Å². The maximum Gasteiger partial charge on any atom is 0.230 e. The van der Waals surface area contributed by atoms with Crippen LogP contribution in [-0.2, 0) is 23.5 Å².